The second kappa shape index (κ2) is 5.96. The van der Waals surface area contributed by atoms with Crippen molar-refractivity contribution >= 4 is 5.69 Å². The number of nitrogens with one attached hydrogen (secondary N) is 1. The van der Waals surface area contributed by atoms with Crippen LogP contribution in [0.3, 0.4) is 0 Å². The molecule has 3 N–H and O–H groups in total. The van der Waals surface area contributed by atoms with E-state index in [0.717, 1.165) is 24.3 Å². The molecule has 106 valence electrons. The number of nitrogens with two attached hydrogens (primary N) is 1. The van der Waals surface area contributed by atoms with E-state index in [1.165, 1.54) is 5.56 Å². The maximum Gasteiger partial charge on any atom is 0.101 e. The summed E-state index contributed by atoms with van der Waals surface area (Å²) >= 11 is 0. The maximum atomic E-state index is 9.09. The molecule has 1 aliphatic heterocycles. The summed E-state index contributed by atoms with van der Waals surface area (Å²) in [6.07, 6.45) is 0. The van der Waals surface area contributed by atoms with Crippen LogP contribution in [-0.4, -0.2) is 19.8 Å². The number of nitrogen functional groups attached to an aromatic ring is 1. The van der Waals surface area contributed by atoms with Crippen molar-refractivity contribution in [1.29, 1.82) is 5.26 Å². The lowest BCUT2D eigenvalue weighted by Gasteiger charge is -2.24. The summed E-state index contributed by atoms with van der Waals surface area (Å²) < 4.78 is 5.51. The van der Waals surface area contributed by atoms with Crippen LogP contribution in [0.4, 0.5) is 5.69 Å². The molecular formula is C17H17N3O. The molecule has 3 rings (SSSR count). The molecule has 21 heavy (non-hydrogen) atoms. The molecule has 0 saturated carbocycles. The molecule has 1 heterocycles. The molecule has 2 aromatic carbocycles. The van der Waals surface area contributed by atoms with Gasteiger partial charge in [-0.2, -0.15) is 5.26 Å². The molecule has 0 spiro atoms. The SMILES string of the molecule is N#Cc1cc(-c2cccc([C@@H]3COCCN3)c2)ccc1N. The van der Waals surface area contributed by atoms with Crippen molar-refractivity contribution in [2.45, 2.75) is 6.04 Å². The number of rotatable bonds is 2. The van der Waals surface area contributed by atoms with E-state index in [1.54, 1.807) is 6.07 Å². The molecule has 1 fully saturated rings. The third-order valence-electron chi connectivity index (χ3n) is 3.72. The fourth-order valence-electron chi connectivity index (χ4n) is 2.55. The Morgan fingerprint density at radius 3 is 2.81 bits per heavy atom. The van der Waals surface area contributed by atoms with Gasteiger partial charge in [0.1, 0.15) is 6.07 Å². The van der Waals surface area contributed by atoms with Crippen molar-refractivity contribution in [1.82, 2.24) is 5.32 Å². The molecule has 4 heteroatoms. The molecule has 0 aliphatic carbocycles. The van der Waals surface area contributed by atoms with Crippen LogP contribution in [0.15, 0.2) is 42.5 Å². The predicted molar refractivity (Wildman–Crippen MR) is 82.6 cm³/mol. The Bertz CT molecular complexity index is 685. The highest BCUT2D eigenvalue weighted by molar-refractivity contribution is 5.70. The Morgan fingerprint density at radius 1 is 1.19 bits per heavy atom. The van der Waals surface area contributed by atoms with Crippen LogP contribution in [0.5, 0.6) is 0 Å². The summed E-state index contributed by atoms with van der Waals surface area (Å²) in [5.41, 5.74) is 10.1. The summed E-state index contributed by atoms with van der Waals surface area (Å²) in [6, 6.07) is 16.2. The van der Waals surface area contributed by atoms with Crippen LogP contribution in [0.2, 0.25) is 0 Å². The zero-order valence-electron chi connectivity index (χ0n) is 11.7. The van der Waals surface area contributed by atoms with E-state index < -0.39 is 0 Å². The molecular weight excluding hydrogens is 262 g/mol. The maximum absolute atomic E-state index is 9.09. The predicted octanol–water partition coefficient (Wildman–Crippen LogP) is 2.47. The highest BCUT2D eigenvalue weighted by Crippen LogP contribution is 2.26. The van der Waals surface area contributed by atoms with Crippen LogP contribution in [-0.2, 0) is 4.74 Å². The molecule has 0 aromatic heterocycles. The van der Waals surface area contributed by atoms with Gasteiger partial charge in [-0.3, -0.25) is 0 Å². The van der Waals surface area contributed by atoms with Crippen molar-refractivity contribution < 1.29 is 4.74 Å². The summed E-state index contributed by atoms with van der Waals surface area (Å²) in [6.45, 7) is 2.32. The Hall–Kier alpha value is -2.35. The van der Waals surface area contributed by atoms with E-state index in [9.17, 15) is 0 Å². The van der Waals surface area contributed by atoms with E-state index in [1.807, 2.05) is 24.3 Å². The van der Waals surface area contributed by atoms with Gasteiger partial charge >= 0.3 is 0 Å². The number of nitriles is 1. The minimum absolute atomic E-state index is 0.225. The Labute approximate surface area is 124 Å². The topological polar surface area (TPSA) is 71.1 Å². The van der Waals surface area contributed by atoms with Crippen LogP contribution in [0.1, 0.15) is 17.2 Å². The van der Waals surface area contributed by atoms with Crippen molar-refractivity contribution in [2.24, 2.45) is 0 Å². The van der Waals surface area contributed by atoms with Crippen LogP contribution in [0.25, 0.3) is 11.1 Å². The molecule has 1 aliphatic rings. The average Bonchev–Trinajstić information content (AvgIpc) is 2.56. The summed E-state index contributed by atoms with van der Waals surface area (Å²) in [4.78, 5) is 0. The number of ether oxygens (including phenoxy) is 1. The number of hydrogen-bond acceptors (Lipinski definition) is 4. The first-order valence-corrected chi connectivity index (χ1v) is 6.99. The molecule has 0 unspecified atom stereocenters. The first-order chi connectivity index (χ1) is 10.3. The lowest BCUT2D eigenvalue weighted by atomic mass is 9.98. The standard InChI is InChI=1S/C17H17N3O/c18-10-15-9-13(4-5-16(15)19)12-2-1-3-14(8-12)17-11-21-7-6-20-17/h1-5,8-9,17,20H,6-7,11,19H2/t17-/m0/s1. The zero-order valence-corrected chi connectivity index (χ0v) is 11.7. The first-order valence-electron chi connectivity index (χ1n) is 6.99. The van der Waals surface area contributed by atoms with Gasteiger partial charge in [-0.25, -0.2) is 0 Å². The molecule has 1 atom stereocenters. The normalized spacial score (nSPS) is 18.1. The fraction of sp³-hybridized carbons (Fsp3) is 0.235. The third-order valence-corrected chi connectivity index (χ3v) is 3.72. The fourth-order valence-corrected chi connectivity index (χ4v) is 2.55. The minimum Gasteiger partial charge on any atom is -0.398 e. The van der Waals surface area contributed by atoms with E-state index in [2.05, 4.69) is 23.5 Å². The van der Waals surface area contributed by atoms with Crippen molar-refractivity contribution in [3.8, 4) is 17.2 Å². The Balaban J connectivity index is 1.94. The van der Waals surface area contributed by atoms with Gasteiger partial charge in [-0.05, 0) is 34.9 Å². The third kappa shape index (κ3) is 2.89. The Kier molecular flexibility index (Phi) is 3.87. The van der Waals surface area contributed by atoms with E-state index in [0.29, 0.717) is 17.9 Å². The van der Waals surface area contributed by atoms with Gasteiger partial charge in [0.15, 0.2) is 0 Å². The van der Waals surface area contributed by atoms with Crippen molar-refractivity contribution in [2.75, 3.05) is 25.5 Å². The molecule has 1 saturated heterocycles. The number of anilines is 1. The number of hydrogen-bond donors (Lipinski definition) is 2. The summed E-state index contributed by atoms with van der Waals surface area (Å²) in [7, 11) is 0. The average molecular weight is 279 g/mol. The molecule has 0 radical (unpaired) electrons. The summed E-state index contributed by atoms with van der Waals surface area (Å²) in [5, 5.41) is 12.5. The van der Waals surface area contributed by atoms with Crippen molar-refractivity contribution in [3.05, 3.63) is 53.6 Å². The van der Waals surface area contributed by atoms with Gasteiger partial charge in [0.2, 0.25) is 0 Å². The van der Waals surface area contributed by atoms with Gasteiger partial charge in [0, 0.05) is 12.2 Å². The molecule has 4 nitrogen and oxygen atoms in total. The minimum atomic E-state index is 0.225. The lowest BCUT2D eigenvalue weighted by molar-refractivity contribution is 0.0769. The van der Waals surface area contributed by atoms with Gasteiger partial charge in [0.05, 0.1) is 24.8 Å². The smallest absolute Gasteiger partial charge is 0.101 e. The molecule has 2 aromatic rings. The second-order valence-corrected chi connectivity index (χ2v) is 5.12. The zero-order chi connectivity index (χ0) is 14.7. The van der Waals surface area contributed by atoms with Gasteiger partial charge < -0.3 is 15.8 Å². The van der Waals surface area contributed by atoms with Crippen molar-refractivity contribution in [3.63, 3.8) is 0 Å². The number of morpholine rings is 1. The lowest BCUT2D eigenvalue weighted by Crippen LogP contribution is -2.34. The van der Waals surface area contributed by atoms with Crippen LogP contribution >= 0.6 is 0 Å². The van der Waals surface area contributed by atoms with Gasteiger partial charge in [-0.1, -0.05) is 24.3 Å². The molecule has 0 bridgehead atoms. The van der Waals surface area contributed by atoms with E-state index in [4.69, 9.17) is 15.7 Å². The van der Waals surface area contributed by atoms with Gasteiger partial charge in [0.25, 0.3) is 0 Å². The monoisotopic (exact) mass is 279 g/mol. The highest BCUT2D eigenvalue weighted by atomic mass is 16.5. The quantitative estimate of drug-likeness (QED) is 0.828. The van der Waals surface area contributed by atoms with Gasteiger partial charge in [-0.15, -0.1) is 0 Å². The van der Waals surface area contributed by atoms with E-state index in [-0.39, 0.29) is 6.04 Å². The second-order valence-electron chi connectivity index (χ2n) is 5.12. The number of benzene rings is 2. The number of nitrogens with zero attached hydrogens (tertiary/aromatic N) is 1. The van der Waals surface area contributed by atoms with Crippen LogP contribution < -0.4 is 11.1 Å². The summed E-state index contributed by atoms with van der Waals surface area (Å²) in [5.74, 6) is 0. The van der Waals surface area contributed by atoms with E-state index >= 15 is 0 Å². The molecule has 0 amide bonds. The Morgan fingerprint density at radius 2 is 2.05 bits per heavy atom. The highest BCUT2D eigenvalue weighted by Gasteiger charge is 2.15. The largest absolute Gasteiger partial charge is 0.398 e. The van der Waals surface area contributed by atoms with Crippen LogP contribution in [0, 0.1) is 11.3 Å². The first kappa shape index (κ1) is 13.6.